The van der Waals surface area contributed by atoms with Crippen LogP contribution in [0.5, 0.6) is 0 Å². The summed E-state index contributed by atoms with van der Waals surface area (Å²) in [6.45, 7) is 12.5. The lowest BCUT2D eigenvalue weighted by Gasteiger charge is -2.44. The zero-order valence-electron chi connectivity index (χ0n) is 21.4. The van der Waals surface area contributed by atoms with E-state index in [0.29, 0.717) is 33.1 Å². The van der Waals surface area contributed by atoms with E-state index in [-0.39, 0.29) is 12.0 Å². The summed E-state index contributed by atoms with van der Waals surface area (Å²) in [4.78, 5) is 16.8. The SMILES string of the molecule is CC1CCC(C(C)C)C(OC(C(=O)[O-])C(/C(=C\c2ccc(Cl)cc2Cl)n2cncn2)C(C)(C)C)C1. The van der Waals surface area contributed by atoms with E-state index < -0.39 is 23.4 Å². The van der Waals surface area contributed by atoms with Gasteiger partial charge in [0, 0.05) is 16.0 Å². The number of halogens is 2. The van der Waals surface area contributed by atoms with Crippen LogP contribution in [0, 0.1) is 29.1 Å². The van der Waals surface area contributed by atoms with Gasteiger partial charge in [0.15, 0.2) is 0 Å². The van der Waals surface area contributed by atoms with Crippen LogP contribution in [0.4, 0.5) is 0 Å². The maximum Gasteiger partial charge on any atom is 0.138 e. The van der Waals surface area contributed by atoms with E-state index in [1.165, 1.54) is 6.33 Å². The Morgan fingerprint density at radius 3 is 2.51 bits per heavy atom. The third kappa shape index (κ3) is 6.87. The van der Waals surface area contributed by atoms with Crippen molar-refractivity contribution in [1.82, 2.24) is 14.8 Å². The number of ether oxygens (including phenoxy) is 1. The molecule has 5 unspecified atom stereocenters. The van der Waals surface area contributed by atoms with Crippen LogP contribution in [0.25, 0.3) is 11.8 Å². The number of carbonyl (C=O) groups excluding carboxylic acids is 1. The molecule has 0 aliphatic heterocycles. The number of carbonyl (C=O) groups is 1. The number of carboxylic acid groups (broad SMARTS) is 1. The average molecular weight is 522 g/mol. The molecule has 1 aromatic carbocycles. The van der Waals surface area contributed by atoms with Gasteiger partial charge in [-0.15, -0.1) is 0 Å². The summed E-state index contributed by atoms with van der Waals surface area (Å²) in [6, 6.07) is 5.20. The third-order valence-corrected chi connectivity index (χ3v) is 7.58. The third-order valence-electron chi connectivity index (χ3n) is 7.02. The van der Waals surface area contributed by atoms with E-state index in [9.17, 15) is 9.90 Å². The van der Waals surface area contributed by atoms with Crippen molar-refractivity contribution in [2.75, 3.05) is 0 Å². The van der Waals surface area contributed by atoms with E-state index >= 15 is 0 Å². The van der Waals surface area contributed by atoms with Gasteiger partial charge in [0.05, 0.1) is 17.8 Å². The predicted molar refractivity (Wildman–Crippen MR) is 139 cm³/mol. The predicted octanol–water partition coefficient (Wildman–Crippen LogP) is 5.84. The van der Waals surface area contributed by atoms with Crippen molar-refractivity contribution < 1.29 is 14.6 Å². The second-order valence-corrected chi connectivity index (χ2v) is 12.0. The Kier molecular flexibility index (Phi) is 9.06. The van der Waals surface area contributed by atoms with E-state index in [1.807, 2.05) is 26.8 Å². The molecule has 192 valence electrons. The van der Waals surface area contributed by atoms with Gasteiger partial charge in [-0.3, -0.25) is 0 Å². The molecule has 1 aromatic heterocycles. The van der Waals surface area contributed by atoms with Gasteiger partial charge in [-0.05, 0) is 59.8 Å². The van der Waals surface area contributed by atoms with Crippen LogP contribution >= 0.6 is 23.2 Å². The monoisotopic (exact) mass is 520 g/mol. The van der Waals surface area contributed by atoms with Crippen molar-refractivity contribution in [3.63, 3.8) is 0 Å². The highest BCUT2D eigenvalue weighted by Crippen LogP contribution is 2.43. The molecule has 3 rings (SSSR count). The molecule has 1 aliphatic rings. The molecule has 0 N–H and O–H groups in total. The van der Waals surface area contributed by atoms with Crippen LogP contribution < -0.4 is 5.11 Å². The molecule has 0 amide bonds. The molecule has 1 saturated carbocycles. The smallest absolute Gasteiger partial charge is 0.138 e. The first-order valence-electron chi connectivity index (χ1n) is 12.3. The van der Waals surface area contributed by atoms with Gasteiger partial charge in [0.25, 0.3) is 0 Å². The van der Waals surface area contributed by atoms with Crippen molar-refractivity contribution in [3.05, 3.63) is 46.5 Å². The summed E-state index contributed by atoms with van der Waals surface area (Å²) in [5.74, 6) is -0.687. The molecule has 2 aromatic rings. The highest BCUT2D eigenvalue weighted by atomic mass is 35.5. The first kappa shape index (κ1) is 27.7. The Labute approximate surface area is 218 Å². The molecule has 0 radical (unpaired) electrons. The number of aromatic nitrogens is 3. The van der Waals surface area contributed by atoms with Crippen LogP contribution in [0.1, 0.15) is 66.4 Å². The van der Waals surface area contributed by atoms with E-state index in [1.54, 1.807) is 29.2 Å². The van der Waals surface area contributed by atoms with E-state index in [2.05, 4.69) is 30.9 Å². The quantitative estimate of drug-likeness (QED) is 0.436. The number of rotatable bonds is 8. The number of hydrogen-bond acceptors (Lipinski definition) is 5. The van der Waals surface area contributed by atoms with E-state index in [4.69, 9.17) is 27.9 Å². The Morgan fingerprint density at radius 2 is 1.97 bits per heavy atom. The van der Waals surface area contributed by atoms with Gasteiger partial charge in [-0.25, -0.2) is 9.67 Å². The molecule has 0 saturated heterocycles. The fraction of sp³-hybridized carbons (Fsp3) is 0.593. The highest BCUT2D eigenvalue weighted by Gasteiger charge is 2.42. The summed E-state index contributed by atoms with van der Waals surface area (Å²) in [6.07, 6.45) is 6.44. The highest BCUT2D eigenvalue weighted by molar-refractivity contribution is 6.35. The molecular formula is C27H36Cl2N3O3-. The molecule has 5 atom stereocenters. The molecule has 1 heterocycles. The second-order valence-electron chi connectivity index (χ2n) is 11.2. The molecule has 6 nitrogen and oxygen atoms in total. The normalized spacial score (nSPS) is 23.3. The first-order valence-corrected chi connectivity index (χ1v) is 13.0. The largest absolute Gasteiger partial charge is 0.547 e. The summed E-state index contributed by atoms with van der Waals surface area (Å²) >= 11 is 12.6. The van der Waals surface area contributed by atoms with Crippen LogP contribution in [-0.4, -0.2) is 32.9 Å². The average Bonchev–Trinajstić information content (AvgIpc) is 3.27. The molecular weight excluding hydrogens is 485 g/mol. The van der Waals surface area contributed by atoms with Crippen LogP contribution in [-0.2, 0) is 9.53 Å². The van der Waals surface area contributed by atoms with Crippen molar-refractivity contribution in [2.45, 2.75) is 73.0 Å². The lowest BCUT2D eigenvalue weighted by atomic mass is 9.73. The summed E-state index contributed by atoms with van der Waals surface area (Å²) in [5, 5.41) is 18.0. The Morgan fingerprint density at radius 1 is 1.26 bits per heavy atom. The Bertz CT molecular complexity index is 1030. The van der Waals surface area contributed by atoms with Crippen molar-refractivity contribution in [3.8, 4) is 0 Å². The number of carboxylic acids is 1. The van der Waals surface area contributed by atoms with Gasteiger partial charge >= 0.3 is 0 Å². The lowest BCUT2D eigenvalue weighted by molar-refractivity contribution is -0.323. The van der Waals surface area contributed by atoms with Crippen molar-refractivity contribution in [1.29, 1.82) is 0 Å². The van der Waals surface area contributed by atoms with Crippen LogP contribution in [0.15, 0.2) is 30.9 Å². The number of aliphatic carboxylic acids is 1. The van der Waals surface area contributed by atoms with Gasteiger partial charge in [-0.1, -0.05) is 77.2 Å². The Hall–Kier alpha value is -1.89. The topological polar surface area (TPSA) is 80.1 Å². The first-order chi connectivity index (χ1) is 16.4. The van der Waals surface area contributed by atoms with Crippen LogP contribution in [0.3, 0.4) is 0 Å². The fourth-order valence-corrected chi connectivity index (χ4v) is 5.66. The molecule has 35 heavy (non-hydrogen) atoms. The Balaban J connectivity index is 2.12. The van der Waals surface area contributed by atoms with Gasteiger partial charge in [0.1, 0.15) is 18.8 Å². The minimum Gasteiger partial charge on any atom is -0.547 e. The number of hydrogen-bond donors (Lipinski definition) is 0. The molecule has 0 spiro atoms. The van der Waals surface area contributed by atoms with E-state index in [0.717, 1.165) is 19.3 Å². The zero-order valence-corrected chi connectivity index (χ0v) is 22.9. The molecule has 0 bridgehead atoms. The maximum atomic E-state index is 12.7. The minimum atomic E-state index is -1.24. The summed E-state index contributed by atoms with van der Waals surface area (Å²) in [5.41, 5.74) is 0.785. The fourth-order valence-electron chi connectivity index (χ4n) is 5.20. The van der Waals surface area contributed by atoms with Crippen molar-refractivity contribution >= 4 is 40.9 Å². The standard InChI is InChI=1S/C27H37Cl2N3O3/c1-16(2)20-10-7-17(3)11-23(20)35-25(26(33)34)24(27(4,5)6)22(32-15-30-14-31-32)12-18-8-9-19(28)13-21(18)29/h8-9,12-17,20,23-25H,7,10-11H2,1-6H3,(H,33,34)/p-1/b22-12+. The van der Waals surface area contributed by atoms with Crippen molar-refractivity contribution in [2.24, 2.45) is 29.1 Å². The maximum absolute atomic E-state index is 12.7. The molecule has 1 aliphatic carbocycles. The number of nitrogens with zero attached hydrogens (tertiary/aromatic N) is 3. The summed E-state index contributed by atoms with van der Waals surface area (Å²) < 4.78 is 8.12. The molecule has 1 fully saturated rings. The lowest BCUT2D eigenvalue weighted by Crippen LogP contribution is -2.51. The minimum absolute atomic E-state index is 0.164. The summed E-state index contributed by atoms with van der Waals surface area (Å²) in [7, 11) is 0. The molecule has 8 heteroatoms. The second kappa shape index (κ2) is 11.4. The van der Waals surface area contributed by atoms with Gasteiger partial charge in [-0.2, -0.15) is 5.10 Å². The number of benzene rings is 1. The van der Waals surface area contributed by atoms with Gasteiger partial charge in [0.2, 0.25) is 0 Å². The zero-order chi connectivity index (χ0) is 25.9. The van der Waals surface area contributed by atoms with Gasteiger partial charge < -0.3 is 14.6 Å². The van der Waals surface area contributed by atoms with Crippen LogP contribution in [0.2, 0.25) is 10.0 Å².